The molecule has 0 aliphatic carbocycles. The van der Waals surface area contributed by atoms with Crippen molar-refractivity contribution < 1.29 is 13.9 Å². The highest BCUT2D eigenvalue weighted by Gasteiger charge is 2.20. The van der Waals surface area contributed by atoms with Crippen molar-refractivity contribution in [3.8, 4) is 5.75 Å². The van der Waals surface area contributed by atoms with E-state index in [2.05, 4.69) is 10.4 Å². The molecule has 1 amide bonds. The highest BCUT2D eigenvalue weighted by molar-refractivity contribution is 7.17. The Morgan fingerprint density at radius 3 is 2.88 bits per heavy atom. The lowest BCUT2D eigenvalue weighted by atomic mass is 10.2. The zero-order chi connectivity index (χ0) is 22.9. The Morgan fingerprint density at radius 2 is 2.09 bits per heavy atom. The van der Waals surface area contributed by atoms with Gasteiger partial charge in [-0.2, -0.15) is 0 Å². The Hall–Kier alpha value is -4.12. The number of hydrogen-bond acceptors (Lipinski definition) is 7. The van der Waals surface area contributed by atoms with Crippen molar-refractivity contribution in [2.24, 2.45) is 0 Å². The van der Waals surface area contributed by atoms with Crippen LogP contribution in [0, 0.1) is 0 Å². The average Bonchev–Trinajstić information content (AvgIpc) is 3.57. The van der Waals surface area contributed by atoms with E-state index >= 15 is 0 Å². The van der Waals surface area contributed by atoms with Crippen LogP contribution in [0.3, 0.4) is 0 Å². The van der Waals surface area contributed by atoms with Gasteiger partial charge in [0.05, 0.1) is 25.4 Å². The summed E-state index contributed by atoms with van der Waals surface area (Å²) in [6.07, 6.45) is 1.51. The molecule has 0 spiro atoms. The molecule has 1 N–H and O–H groups in total. The largest absolute Gasteiger partial charge is 0.497 e. The number of carbonyl (C=O) groups is 1. The molecule has 0 bridgehead atoms. The molecule has 1 aromatic carbocycles. The molecule has 168 valence electrons. The highest BCUT2D eigenvalue weighted by Crippen LogP contribution is 2.18. The smallest absolute Gasteiger partial charge is 0.352 e. The minimum absolute atomic E-state index is 0.113. The van der Waals surface area contributed by atoms with Crippen LogP contribution in [0.25, 0.3) is 16.0 Å². The number of thiophene rings is 1. The molecule has 0 unspecified atom stereocenters. The molecule has 0 saturated carbocycles. The minimum atomic E-state index is -0.502. The summed E-state index contributed by atoms with van der Waals surface area (Å²) >= 11 is 1.25. The van der Waals surface area contributed by atoms with Crippen molar-refractivity contribution in [1.82, 2.24) is 24.1 Å². The summed E-state index contributed by atoms with van der Waals surface area (Å²) in [4.78, 5) is 38.8. The number of ether oxygens (including phenoxy) is 1. The third-order valence-electron chi connectivity index (χ3n) is 5.20. The van der Waals surface area contributed by atoms with Gasteiger partial charge in [0.15, 0.2) is 0 Å². The number of nitrogens with zero attached hydrogens (tertiary/aromatic N) is 4. The molecule has 0 atom stereocenters. The second-order valence-electron chi connectivity index (χ2n) is 7.31. The summed E-state index contributed by atoms with van der Waals surface area (Å²) in [6, 6.07) is 12.5. The molecule has 4 aromatic heterocycles. The van der Waals surface area contributed by atoms with E-state index in [9.17, 15) is 14.4 Å². The van der Waals surface area contributed by atoms with Crippen molar-refractivity contribution in [3.05, 3.63) is 86.3 Å². The monoisotopic (exact) mass is 465 g/mol. The Kier molecular flexibility index (Phi) is 5.31. The Bertz CT molecular complexity index is 1570. The van der Waals surface area contributed by atoms with Crippen LogP contribution in [0.1, 0.15) is 11.3 Å². The minimum Gasteiger partial charge on any atom is -0.497 e. The molecule has 11 heteroatoms. The Labute approximate surface area is 190 Å². The van der Waals surface area contributed by atoms with Crippen molar-refractivity contribution in [2.45, 2.75) is 19.6 Å². The van der Waals surface area contributed by atoms with E-state index in [0.29, 0.717) is 21.7 Å². The summed E-state index contributed by atoms with van der Waals surface area (Å²) in [7, 11) is 1.57. The first-order chi connectivity index (χ1) is 16.0. The third kappa shape index (κ3) is 3.82. The third-order valence-corrected chi connectivity index (χ3v) is 6.09. The highest BCUT2D eigenvalue weighted by atomic mass is 32.1. The quantitative estimate of drug-likeness (QED) is 0.393. The number of benzene rings is 1. The summed E-state index contributed by atoms with van der Waals surface area (Å²) in [5, 5.41) is 8.84. The van der Waals surface area contributed by atoms with Gasteiger partial charge < -0.3 is 14.5 Å². The number of fused-ring (bicyclic) bond motifs is 3. The number of carbonyl (C=O) groups excluding carboxylic acids is 1. The lowest BCUT2D eigenvalue weighted by Crippen LogP contribution is -2.32. The predicted molar refractivity (Wildman–Crippen MR) is 122 cm³/mol. The van der Waals surface area contributed by atoms with E-state index in [-0.39, 0.29) is 36.9 Å². The number of rotatable bonds is 7. The maximum Gasteiger partial charge on any atom is 0.352 e. The first-order valence-electron chi connectivity index (χ1n) is 10.1. The van der Waals surface area contributed by atoms with Crippen LogP contribution >= 0.6 is 11.3 Å². The Morgan fingerprint density at radius 1 is 1.21 bits per heavy atom. The topological polar surface area (TPSA) is 113 Å². The van der Waals surface area contributed by atoms with Crippen LogP contribution in [0.2, 0.25) is 0 Å². The van der Waals surface area contributed by atoms with Gasteiger partial charge in [-0.1, -0.05) is 12.1 Å². The second kappa shape index (κ2) is 8.43. The van der Waals surface area contributed by atoms with Crippen molar-refractivity contribution in [1.29, 1.82) is 0 Å². The molecule has 0 aliphatic heterocycles. The fourth-order valence-corrected chi connectivity index (χ4v) is 4.44. The molecule has 0 fully saturated rings. The molecule has 0 saturated heterocycles. The van der Waals surface area contributed by atoms with Gasteiger partial charge in [0.1, 0.15) is 22.8 Å². The lowest BCUT2D eigenvalue weighted by molar-refractivity contribution is -0.122. The summed E-state index contributed by atoms with van der Waals surface area (Å²) in [5.41, 5.74) is 0.544. The number of methoxy groups -OCH3 is 1. The van der Waals surface area contributed by atoms with Gasteiger partial charge in [0.2, 0.25) is 11.7 Å². The van der Waals surface area contributed by atoms with Gasteiger partial charge in [0, 0.05) is 6.54 Å². The van der Waals surface area contributed by atoms with Crippen molar-refractivity contribution >= 4 is 33.2 Å². The van der Waals surface area contributed by atoms with Crippen LogP contribution in [0.4, 0.5) is 0 Å². The van der Waals surface area contributed by atoms with Gasteiger partial charge in [-0.3, -0.25) is 14.2 Å². The SMILES string of the molecule is COc1cccc(CNC(=O)Cn2nc3n(Cc4ccco4)c(=O)c4sccc4n3c2=O)c1. The van der Waals surface area contributed by atoms with Crippen LogP contribution in [0.5, 0.6) is 5.75 Å². The molecule has 4 heterocycles. The van der Waals surface area contributed by atoms with Gasteiger partial charge in [-0.05, 0) is 41.3 Å². The van der Waals surface area contributed by atoms with Crippen LogP contribution in [-0.4, -0.2) is 31.8 Å². The molecule has 5 aromatic rings. The fraction of sp³-hybridized carbons (Fsp3) is 0.182. The second-order valence-corrected chi connectivity index (χ2v) is 8.23. The predicted octanol–water partition coefficient (Wildman–Crippen LogP) is 1.84. The maximum atomic E-state index is 13.1. The first-order valence-corrected chi connectivity index (χ1v) is 10.9. The maximum absolute atomic E-state index is 13.1. The average molecular weight is 465 g/mol. The zero-order valence-electron chi connectivity index (χ0n) is 17.6. The van der Waals surface area contributed by atoms with Gasteiger partial charge in [-0.25, -0.2) is 13.9 Å². The van der Waals surface area contributed by atoms with Gasteiger partial charge in [0.25, 0.3) is 5.56 Å². The van der Waals surface area contributed by atoms with E-state index in [1.165, 1.54) is 26.6 Å². The van der Waals surface area contributed by atoms with Crippen LogP contribution in [-0.2, 0) is 24.4 Å². The molecule has 0 radical (unpaired) electrons. The standard InChI is InChI=1S/C22H19N5O5S/c1-31-15-5-2-4-14(10-15)11-23-18(28)13-26-22(30)27-17-7-9-33-19(17)20(29)25(21(27)24-26)12-16-6-3-8-32-16/h2-10H,11-13H2,1H3,(H,23,28). The van der Waals surface area contributed by atoms with E-state index in [1.54, 1.807) is 30.7 Å². The molecule has 5 rings (SSSR count). The number of hydrogen-bond donors (Lipinski definition) is 1. The number of nitrogens with one attached hydrogen (secondary N) is 1. The first kappa shape index (κ1) is 20.8. The number of furan rings is 1. The van der Waals surface area contributed by atoms with E-state index in [1.807, 2.05) is 24.3 Å². The van der Waals surface area contributed by atoms with Gasteiger partial charge in [-0.15, -0.1) is 16.4 Å². The number of amides is 1. The molecular formula is C22H19N5O5S. The van der Waals surface area contributed by atoms with E-state index < -0.39 is 5.69 Å². The molecule has 10 nitrogen and oxygen atoms in total. The summed E-state index contributed by atoms with van der Waals surface area (Å²) in [6.45, 7) is 0.100. The van der Waals surface area contributed by atoms with E-state index in [0.717, 1.165) is 10.2 Å². The lowest BCUT2D eigenvalue weighted by Gasteiger charge is -2.06. The molecule has 33 heavy (non-hydrogen) atoms. The molecule has 0 aliphatic rings. The van der Waals surface area contributed by atoms with Crippen molar-refractivity contribution in [2.75, 3.05) is 7.11 Å². The fourth-order valence-electron chi connectivity index (χ4n) is 3.61. The summed E-state index contributed by atoms with van der Waals surface area (Å²) in [5.74, 6) is 0.998. The van der Waals surface area contributed by atoms with Crippen LogP contribution in [0.15, 0.2) is 68.1 Å². The van der Waals surface area contributed by atoms with Gasteiger partial charge >= 0.3 is 5.69 Å². The van der Waals surface area contributed by atoms with Crippen molar-refractivity contribution in [3.63, 3.8) is 0 Å². The Balaban J connectivity index is 1.47. The summed E-state index contributed by atoms with van der Waals surface area (Å²) < 4.78 is 14.8. The number of aromatic nitrogens is 4. The van der Waals surface area contributed by atoms with Crippen LogP contribution < -0.4 is 21.3 Å². The van der Waals surface area contributed by atoms with E-state index in [4.69, 9.17) is 9.15 Å². The zero-order valence-corrected chi connectivity index (χ0v) is 18.4. The normalized spacial score (nSPS) is 11.3. The molecular weight excluding hydrogens is 446 g/mol.